The van der Waals surface area contributed by atoms with E-state index in [1.165, 1.54) is 12.4 Å². The third-order valence-corrected chi connectivity index (χ3v) is 3.45. The zero-order valence-electron chi connectivity index (χ0n) is 17.3. The van der Waals surface area contributed by atoms with Gasteiger partial charge in [-0.3, -0.25) is 0 Å². The Labute approximate surface area is 176 Å². The highest BCUT2D eigenvalue weighted by molar-refractivity contribution is 5.91. The number of carbonyl (C=O) groups excluding carboxylic acids is 2. The topological polar surface area (TPSA) is 92.5 Å². The Morgan fingerprint density at radius 1 is 1.16 bits per heavy atom. The van der Waals surface area contributed by atoms with Crippen LogP contribution in [0.25, 0.3) is 17.6 Å². The highest BCUT2D eigenvalue weighted by atomic mass is 19.4. The van der Waals surface area contributed by atoms with Crippen LogP contribution in [0.2, 0.25) is 0 Å². The molecule has 0 saturated carbocycles. The van der Waals surface area contributed by atoms with Crippen LogP contribution in [-0.4, -0.2) is 39.6 Å². The molecule has 0 spiro atoms. The Morgan fingerprint density at radius 3 is 2.48 bits per heavy atom. The van der Waals surface area contributed by atoms with Gasteiger partial charge in [0.25, 0.3) is 0 Å². The number of carbonyl (C=O) groups is 2. The molecule has 1 heterocycles. The Kier molecular flexibility index (Phi) is 7.78. The lowest BCUT2D eigenvalue weighted by molar-refractivity contribution is -0.138. The molecule has 2 aromatic rings. The second-order valence-electron chi connectivity index (χ2n) is 7.15. The molecule has 0 radical (unpaired) electrons. The largest absolute Gasteiger partial charge is 0.516 e. The van der Waals surface area contributed by atoms with Gasteiger partial charge in [-0.2, -0.15) is 13.2 Å². The lowest BCUT2D eigenvalue weighted by Gasteiger charge is -2.14. The van der Waals surface area contributed by atoms with E-state index in [2.05, 4.69) is 14.8 Å². The Hall–Kier alpha value is -3.37. The molecule has 0 unspecified atom stereocenters. The van der Waals surface area contributed by atoms with E-state index in [-0.39, 0.29) is 35.8 Å². The Bertz CT molecular complexity index is 952. The molecule has 0 aliphatic carbocycles. The second kappa shape index (κ2) is 10.1. The molecule has 0 aliphatic rings. The maximum Gasteiger partial charge on any atom is 0.516 e. The number of halogens is 3. The van der Waals surface area contributed by atoms with Crippen molar-refractivity contribution in [3.63, 3.8) is 0 Å². The van der Waals surface area contributed by atoms with Crippen LogP contribution in [0.5, 0.6) is 5.75 Å². The van der Waals surface area contributed by atoms with Crippen LogP contribution in [0.1, 0.15) is 33.3 Å². The lowest BCUT2D eigenvalue weighted by atomic mass is 10.1. The normalized spacial score (nSPS) is 11.9. The van der Waals surface area contributed by atoms with Crippen molar-refractivity contribution in [3.05, 3.63) is 36.2 Å². The molecule has 0 saturated heterocycles. The average Bonchev–Trinajstić information content (AvgIpc) is 3.12. The molecular weight excluding hydrogens is 419 g/mol. The molecule has 11 heteroatoms. The summed E-state index contributed by atoms with van der Waals surface area (Å²) in [5.74, 6) is -0.921. The lowest BCUT2D eigenvalue weighted by Crippen LogP contribution is -2.14. The summed E-state index contributed by atoms with van der Waals surface area (Å²) in [4.78, 5) is 26.9. The maximum atomic E-state index is 13.2. The summed E-state index contributed by atoms with van der Waals surface area (Å²) in [5.41, 5.74) is -0.825. The van der Waals surface area contributed by atoms with Crippen LogP contribution in [0.3, 0.4) is 0 Å². The summed E-state index contributed by atoms with van der Waals surface area (Å²) < 4.78 is 55.3. The van der Waals surface area contributed by atoms with Gasteiger partial charge in [-0.1, -0.05) is 13.8 Å². The fourth-order valence-corrected chi connectivity index (χ4v) is 2.23. The van der Waals surface area contributed by atoms with Gasteiger partial charge in [-0.05, 0) is 38.0 Å². The molecule has 8 nitrogen and oxygen atoms in total. The average molecular weight is 441 g/mol. The third kappa shape index (κ3) is 7.76. The number of nitrogens with zero attached hydrogens (tertiary/aromatic N) is 3. The zero-order valence-corrected chi connectivity index (χ0v) is 17.3. The van der Waals surface area contributed by atoms with Crippen LogP contribution in [0.4, 0.5) is 18.0 Å². The van der Waals surface area contributed by atoms with Gasteiger partial charge in [-0.15, -0.1) is 5.10 Å². The fourth-order valence-electron chi connectivity index (χ4n) is 2.23. The SMILES string of the molecule is CC(C)COC(=O)OC(=O)C=Cn1cnc(-c2cc(OC(C)C)cc(C(F)(F)F)c2)n1. The quantitative estimate of drug-likeness (QED) is 0.353. The second-order valence-corrected chi connectivity index (χ2v) is 7.15. The fraction of sp³-hybridized carbons (Fsp3) is 0.400. The number of ether oxygens (including phenoxy) is 3. The number of esters is 1. The van der Waals surface area contributed by atoms with Crippen LogP contribution < -0.4 is 4.74 Å². The van der Waals surface area contributed by atoms with Crippen molar-refractivity contribution in [2.45, 2.75) is 40.0 Å². The zero-order chi connectivity index (χ0) is 23.2. The first kappa shape index (κ1) is 23.9. The molecule has 0 atom stereocenters. The van der Waals surface area contributed by atoms with Gasteiger partial charge in [0.2, 0.25) is 0 Å². The van der Waals surface area contributed by atoms with Crippen molar-refractivity contribution >= 4 is 18.3 Å². The first-order valence-corrected chi connectivity index (χ1v) is 9.31. The minimum absolute atomic E-state index is 0.0194. The van der Waals surface area contributed by atoms with Crippen molar-refractivity contribution in [1.29, 1.82) is 0 Å². The minimum Gasteiger partial charge on any atom is -0.491 e. The van der Waals surface area contributed by atoms with E-state index >= 15 is 0 Å². The number of benzene rings is 1. The van der Waals surface area contributed by atoms with E-state index in [9.17, 15) is 22.8 Å². The number of rotatable bonds is 7. The van der Waals surface area contributed by atoms with Crippen LogP contribution in [-0.2, 0) is 20.4 Å². The van der Waals surface area contributed by atoms with E-state index in [0.717, 1.165) is 29.1 Å². The van der Waals surface area contributed by atoms with E-state index in [0.29, 0.717) is 0 Å². The highest BCUT2D eigenvalue weighted by Gasteiger charge is 2.32. The molecule has 1 aromatic heterocycles. The molecule has 1 aromatic carbocycles. The summed E-state index contributed by atoms with van der Waals surface area (Å²) in [7, 11) is 0. The molecular formula is C20H22F3N3O5. The molecule has 0 N–H and O–H groups in total. The summed E-state index contributed by atoms with van der Waals surface area (Å²) in [6.45, 7) is 7.12. The van der Waals surface area contributed by atoms with Gasteiger partial charge in [0.15, 0.2) is 5.82 Å². The molecule has 0 fully saturated rings. The van der Waals surface area contributed by atoms with Crippen molar-refractivity contribution in [2.75, 3.05) is 6.61 Å². The number of hydrogen-bond donors (Lipinski definition) is 0. The van der Waals surface area contributed by atoms with Crippen molar-refractivity contribution in [2.24, 2.45) is 5.92 Å². The van der Waals surface area contributed by atoms with Gasteiger partial charge in [0, 0.05) is 17.8 Å². The smallest absolute Gasteiger partial charge is 0.491 e. The summed E-state index contributed by atoms with van der Waals surface area (Å²) >= 11 is 0. The van der Waals surface area contributed by atoms with Crippen molar-refractivity contribution in [3.8, 4) is 17.1 Å². The van der Waals surface area contributed by atoms with Crippen molar-refractivity contribution in [1.82, 2.24) is 14.8 Å². The standard InChI is InChI=1S/C20H22F3N3O5/c1-12(2)10-29-19(28)31-17(27)5-6-26-11-24-18(25-26)14-7-15(20(21,22)23)9-16(8-14)30-13(3)4/h5-9,11-13H,10H2,1-4H3. The minimum atomic E-state index is -4.58. The van der Waals surface area contributed by atoms with Gasteiger partial charge in [0.1, 0.15) is 12.1 Å². The Balaban J connectivity index is 2.15. The third-order valence-electron chi connectivity index (χ3n) is 3.45. The van der Waals surface area contributed by atoms with Gasteiger partial charge >= 0.3 is 18.3 Å². The number of hydrogen-bond acceptors (Lipinski definition) is 7. The molecule has 2 rings (SSSR count). The van der Waals surface area contributed by atoms with Gasteiger partial charge in [0.05, 0.1) is 18.3 Å². The van der Waals surface area contributed by atoms with Gasteiger partial charge in [-0.25, -0.2) is 19.3 Å². The molecule has 31 heavy (non-hydrogen) atoms. The highest BCUT2D eigenvalue weighted by Crippen LogP contribution is 2.35. The van der Waals surface area contributed by atoms with E-state index < -0.39 is 23.9 Å². The summed E-state index contributed by atoms with van der Waals surface area (Å²) in [6, 6.07) is 3.18. The predicted molar refractivity (Wildman–Crippen MR) is 104 cm³/mol. The molecule has 0 aliphatic heterocycles. The van der Waals surface area contributed by atoms with E-state index in [1.54, 1.807) is 13.8 Å². The Morgan fingerprint density at radius 2 is 1.87 bits per heavy atom. The number of alkyl halides is 3. The maximum absolute atomic E-state index is 13.2. The van der Waals surface area contributed by atoms with Crippen LogP contribution in [0.15, 0.2) is 30.6 Å². The van der Waals surface area contributed by atoms with E-state index in [4.69, 9.17) is 9.47 Å². The summed E-state index contributed by atoms with van der Waals surface area (Å²) in [5, 5.41) is 4.01. The first-order chi connectivity index (χ1) is 14.4. The monoisotopic (exact) mass is 441 g/mol. The van der Waals surface area contributed by atoms with E-state index in [1.807, 2.05) is 13.8 Å². The molecule has 168 valence electrons. The van der Waals surface area contributed by atoms with Crippen LogP contribution >= 0.6 is 0 Å². The van der Waals surface area contributed by atoms with Gasteiger partial charge < -0.3 is 14.2 Å². The molecule has 0 bridgehead atoms. The number of aromatic nitrogens is 3. The predicted octanol–water partition coefficient (Wildman–Crippen LogP) is 4.56. The van der Waals surface area contributed by atoms with Crippen molar-refractivity contribution < 1.29 is 37.0 Å². The first-order valence-electron chi connectivity index (χ1n) is 9.31. The summed E-state index contributed by atoms with van der Waals surface area (Å²) in [6.07, 6.45) is -2.84. The van der Waals surface area contributed by atoms with Crippen LogP contribution in [0, 0.1) is 5.92 Å². The molecule has 0 amide bonds.